The van der Waals surface area contributed by atoms with Gasteiger partial charge in [-0.1, -0.05) is 30.3 Å². The van der Waals surface area contributed by atoms with Gasteiger partial charge < -0.3 is 19.9 Å². The molecule has 1 aliphatic heterocycles. The molecule has 10 heteroatoms. The Balaban J connectivity index is 1.82. The van der Waals surface area contributed by atoms with Gasteiger partial charge in [-0.05, 0) is 73.9 Å². The molecule has 0 radical (unpaired) electrons. The number of carbonyl (C=O) groups is 3. The first-order valence-electron chi connectivity index (χ1n) is 14.3. The van der Waals surface area contributed by atoms with Gasteiger partial charge >= 0.3 is 11.9 Å². The van der Waals surface area contributed by atoms with Crippen molar-refractivity contribution in [3.63, 3.8) is 0 Å². The molecule has 44 heavy (non-hydrogen) atoms. The minimum atomic E-state index is -1.29. The van der Waals surface area contributed by atoms with Gasteiger partial charge in [0.15, 0.2) is 5.78 Å². The van der Waals surface area contributed by atoms with Gasteiger partial charge in [-0.15, -0.1) is 0 Å². The Morgan fingerprint density at radius 3 is 2.27 bits per heavy atom. The molecule has 0 spiro atoms. The molecule has 228 valence electrons. The van der Waals surface area contributed by atoms with Crippen molar-refractivity contribution in [1.29, 1.82) is 0 Å². The predicted molar refractivity (Wildman–Crippen MR) is 158 cm³/mol. The number of nitrogens with zero attached hydrogens (tertiary/aromatic N) is 1. The van der Waals surface area contributed by atoms with Crippen molar-refractivity contribution >= 4 is 23.4 Å². The Hall–Kier alpha value is -4.99. The third-order valence-electron chi connectivity index (χ3n) is 7.87. The molecule has 0 saturated heterocycles. The zero-order chi connectivity index (χ0) is 31.5. The molecule has 2 N–H and O–H groups in total. The Kier molecular flexibility index (Phi) is 8.80. The number of ether oxygens (including phenoxy) is 3. The smallest absolute Gasteiger partial charge is 0.338 e. The number of allylic oxidation sites excluding steroid dienone is 2. The van der Waals surface area contributed by atoms with Crippen molar-refractivity contribution < 1.29 is 37.4 Å². The van der Waals surface area contributed by atoms with Crippen LogP contribution in [0.5, 0.6) is 5.75 Å². The lowest BCUT2D eigenvalue weighted by atomic mass is 9.67. The van der Waals surface area contributed by atoms with Gasteiger partial charge in [0.2, 0.25) is 0 Å². The number of halogens is 2. The number of Topliss-reactive ketones (excluding diaryl/α,β-unsaturated/α-hetero) is 1. The average Bonchev–Trinajstić information content (AvgIpc) is 3.01. The monoisotopic (exact) mass is 602 g/mol. The SMILES string of the molecule is CCOC(=O)C1=C(N)N(c2cccc(F)c2)C2=C(C(=O)[C@H](C(=O)OCC)[C@H](c3cccc(OC)c3)C2)[C@H]1c1ccc(F)cc1. The lowest BCUT2D eigenvalue weighted by Crippen LogP contribution is -2.46. The molecular weight excluding hydrogens is 570 g/mol. The quantitative estimate of drug-likeness (QED) is 0.266. The fraction of sp³-hybridized carbons (Fsp3) is 0.265. The van der Waals surface area contributed by atoms with Crippen LogP contribution in [0.25, 0.3) is 0 Å². The van der Waals surface area contributed by atoms with Crippen LogP contribution in [0.15, 0.2) is 95.5 Å². The zero-order valence-electron chi connectivity index (χ0n) is 24.5. The number of methoxy groups -OCH3 is 1. The number of nitrogens with two attached hydrogens (primary N) is 1. The predicted octanol–water partition coefficient (Wildman–Crippen LogP) is 5.50. The van der Waals surface area contributed by atoms with E-state index in [-0.39, 0.29) is 42.3 Å². The molecule has 5 rings (SSSR count). The van der Waals surface area contributed by atoms with Gasteiger partial charge in [0, 0.05) is 17.2 Å². The second kappa shape index (κ2) is 12.7. The molecule has 0 unspecified atom stereocenters. The molecule has 0 fully saturated rings. The Morgan fingerprint density at radius 2 is 1.61 bits per heavy atom. The summed E-state index contributed by atoms with van der Waals surface area (Å²) in [6.45, 7) is 3.32. The topological polar surface area (TPSA) is 108 Å². The Bertz CT molecular complexity index is 1670. The summed E-state index contributed by atoms with van der Waals surface area (Å²) >= 11 is 0. The second-order valence-corrected chi connectivity index (χ2v) is 10.4. The van der Waals surface area contributed by atoms with Crippen molar-refractivity contribution in [2.75, 3.05) is 25.2 Å². The zero-order valence-corrected chi connectivity index (χ0v) is 24.5. The van der Waals surface area contributed by atoms with Gasteiger partial charge in [0.1, 0.15) is 29.1 Å². The van der Waals surface area contributed by atoms with Crippen LogP contribution in [0.3, 0.4) is 0 Å². The summed E-state index contributed by atoms with van der Waals surface area (Å²) in [6, 6.07) is 17.9. The lowest BCUT2D eigenvalue weighted by molar-refractivity contribution is -0.152. The fourth-order valence-electron chi connectivity index (χ4n) is 6.02. The molecule has 3 aromatic rings. The number of ketones is 1. The van der Waals surface area contributed by atoms with E-state index in [4.69, 9.17) is 19.9 Å². The number of hydrogen-bond donors (Lipinski definition) is 1. The van der Waals surface area contributed by atoms with Gasteiger partial charge in [-0.25, -0.2) is 13.6 Å². The van der Waals surface area contributed by atoms with E-state index in [1.165, 1.54) is 54.5 Å². The molecule has 0 saturated carbocycles. The number of anilines is 1. The number of esters is 2. The van der Waals surface area contributed by atoms with Gasteiger partial charge in [-0.3, -0.25) is 14.5 Å². The Morgan fingerprint density at radius 1 is 0.909 bits per heavy atom. The van der Waals surface area contributed by atoms with E-state index in [1.54, 1.807) is 44.2 Å². The number of hydrogen-bond acceptors (Lipinski definition) is 8. The highest BCUT2D eigenvalue weighted by atomic mass is 19.1. The molecule has 2 aliphatic rings. The molecule has 3 aromatic carbocycles. The highest BCUT2D eigenvalue weighted by Gasteiger charge is 2.51. The van der Waals surface area contributed by atoms with E-state index in [1.807, 2.05) is 0 Å². The van der Waals surface area contributed by atoms with Crippen LogP contribution in [0.1, 0.15) is 43.2 Å². The number of rotatable bonds is 8. The van der Waals surface area contributed by atoms with E-state index >= 15 is 0 Å². The lowest BCUT2D eigenvalue weighted by Gasteiger charge is -2.44. The fourth-order valence-corrected chi connectivity index (χ4v) is 6.02. The van der Waals surface area contributed by atoms with Gasteiger partial charge in [0.05, 0.1) is 37.5 Å². The van der Waals surface area contributed by atoms with Crippen LogP contribution in [-0.4, -0.2) is 38.0 Å². The minimum absolute atomic E-state index is 0.00886. The normalized spacial score (nSPS) is 19.9. The van der Waals surface area contributed by atoms with Crippen molar-refractivity contribution in [2.24, 2.45) is 11.7 Å². The number of carbonyl (C=O) groups excluding carboxylic acids is 3. The van der Waals surface area contributed by atoms with E-state index in [9.17, 15) is 23.2 Å². The highest BCUT2D eigenvalue weighted by molar-refractivity contribution is 6.14. The van der Waals surface area contributed by atoms with Gasteiger partial charge in [-0.2, -0.15) is 0 Å². The standard InChI is InChI=1S/C34H32F2N2O6/c1-4-43-33(40)28-25(20-8-6-11-24(16-20)42-3)18-26-29(31(28)39)27(19-12-14-21(35)15-13-19)30(34(41)44-5-2)32(37)38(26)23-10-7-9-22(36)17-23/h6-17,25,27-28H,4-5,18,37H2,1-3H3/t25-,27+,28+/m0/s1. The second-order valence-electron chi connectivity index (χ2n) is 10.4. The van der Waals surface area contributed by atoms with Crippen molar-refractivity contribution in [3.05, 3.63) is 118 Å². The first-order valence-corrected chi connectivity index (χ1v) is 14.3. The Labute approximate surface area is 253 Å². The van der Waals surface area contributed by atoms with Crippen LogP contribution in [0.2, 0.25) is 0 Å². The number of benzene rings is 3. The van der Waals surface area contributed by atoms with Gasteiger partial charge in [0.25, 0.3) is 0 Å². The van der Waals surface area contributed by atoms with Crippen molar-refractivity contribution in [3.8, 4) is 5.75 Å². The third-order valence-corrected chi connectivity index (χ3v) is 7.87. The highest BCUT2D eigenvalue weighted by Crippen LogP contribution is 2.51. The van der Waals surface area contributed by atoms with Crippen LogP contribution in [0, 0.1) is 17.6 Å². The molecule has 3 atom stereocenters. The van der Waals surface area contributed by atoms with Crippen LogP contribution in [-0.2, 0) is 23.9 Å². The summed E-state index contributed by atoms with van der Waals surface area (Å²) in [7, 11) is 1.51. The molecule has 0 bridgehead atoms. The van der Waals surface area contributed by atoms with Crippen LogP contribution in [0.4, 0.5) is 14.5 Å². The molecule has 1 heterocycles. The van der Waals surface area contributed by atoms with E-state index in [0.29, 0.717) is 22.6 Å². The maximum atomic E-state index is 14.8. The van der Waals surface area contributed by atoms with E-state index in [0.717, 1.165) is 0 Å². The molecule has 1 aliphatic carbocycles. The van der Waals surface area contributed by atoms with E-state index in [2.05, 4.69) is 0 Å². The summed E-state index contributed by atoms with van der Waals surface area (Å²) in [4.78, 5) is 43.4. The molecular formula is C34H32F2N2O6. The summed E-state index contributed by atoms with van der Waals surface area (Å²) < 4.78 is 44.9. The molecule has 0 aromatic heterocycles. The van der Waals surface area contributed by atoms with Crippen molar-refractivity contribution in [1.82, 2.24) is 0 Å². The van der Waals surface area contributed by atoms with Crippen LogP contribution >= 0.6 is 0 Å². The molecule has 0 amide bonds. The summed E-state index contributed by atoms with van der Waals surface area (Å²) in [5, 5.41) is 0. The average molecular weight is 603 g/mol. The summed E-state index contributed by atoms with van der Waals surface area (Å²) in [5.41, 5.74) is 8.44. The first-order chi connectivity index (χ1) is 21.2. The third kappa shape index (κ3) is 5.55. The summed E-state index contributed by atoms with van der Waals surface area (Å²) in [6.07, 6.45) is 0.0860. The maximum absolute atomic E-state index is 14.8. The van der Waals surface area contributed by atoms with E-state index < -0.39 is 47.1 Å². The largest absolute Gasteiger partial charge is 0.497 e. The van der Waals surface area contributed by atoms with Crippen molar-refractivity contribution in [2.45, 2.75) is 32.1 Å². The first kappa shape index (κ1) is 30.5. The minimum Gasteiger partial charge on any atom is -0.497 e. The molecule has 8 nitrogen and oxygen atoms in total. The van der Waals surface area contributed by atoms with Crippen LogP contribution < -0.4 is 15.4 Å². The summed E-state index contributed by atoms with van der Waals surface area (Å²) in [5.74, 6) is -5.88. The maximum Gasteiger partial charge on any atom is 0.338 e.